The summed E-state index contributed by atoms with van der Waals surface area (Å²) in [5, 5.41) is 9.22. The minimum atomic E-state index is -0.547. The number of amides is 2. The van der Waals surface area contributed by atoms with Crippen LogP contribution in [-0.2, 0) is 14.3 Å². The lowest BCUT2D eigenvalue weighted by atomic mass is 10.1. The first-order valence-corrected chi connectivity index (χ1v) is 6.16. The highest BCUT2D eigenvalue weighted by Crippen LogP contribution is 2.33. The highest BCUT2D eigenvalue weighted by molar-refractivity contribution is 6.20. The van der Waals surface area contributed by atoms with Crippen LogP contribution >= 0.6 is 0 Å². The number of ether oxygens (including phenoxy) is 1. The van der Waals surface area contributed by atoms with E-state index in [0.29, 0.717) is 24.1 Å². The van der Waals surface area contributed by atoms with Gasteiger partial charge in [-0.2, -0.15) is 5.26 Å². The van der Waals surface area contributed by atoms with Gasteiger partial charge in [-0.3, -0.25) is 9.59 Å². The molecule has 2 atom stereocenters. The van der Waals surface area contributed by atoms with Gasteiger partial charge in [-0.1, -0.05) is 12.1 Å². The smallest absolute Gasteiger partial charge is 0.263 e. The van der Waals surface area contributed by atoms with Crippen molar-refractivity contribution < 1.29 is 14.3 Å². The predicted octanol–water partition coefficient (Wildman–Crippen LogP) is 1.29. The van der Waals surface area contributed by atoms with Gasteiger partial charge in [-0.05, 0) is 31.4 Å². The van der Waals surface area contributed by atoms with Crippen molar-refractivity contribution in [2.45, 2.75) is 32.0 Å². The van der Waals surface area contributed by atoms with Crippen molar-refractivity contribution in [1.29, 1.82) is 5.26 Å². The SMILES string of the molecule is Cc1cccc(N2C(=O)C3CCC(O3)C2=O)c1C#N. The van der Waals surface area contributed by atoms with Gasteiger partial charge in [-0.15, -0.1) is 0 Å². The van der Waals surface area contributed by atoms with Gasteiger partial charge in [0.2, 0.25) is 0 Å². The molecule has 5 heteroatoms. The second kappa shape index (κ2) is 4.18. The number of morpholine rings is 1. The number of nitrogens with zero attached hydrogens (tertiary/aromatic N) is 2. The Bertz CT molecular complexity index is 596. The highest BCUT2D eigenvalue weighted by atomic mass is 16.5. The molecule has 5 nitrogen and oxygen atoms in total. The Kier molecular flexibility index (Phi) is 2.61. The summed E-state index contributed by atoms with van der Waals surface area (Å²) >= 11 is 0. The molecule has 2 amide bonds. The molecule has 2 saturated heterocycles. The molecule has 2 fully saturated rings. The molecule has 2 bridgehead atoms. The number of benzene rings is 1. The Hall–Kier alpha value is -2.19. The molecular weight excluding hydrogens is 244 g/mol. The standard InChI is InChI=1S/C14H12N2O3/c1-8-3-2-4-10(9(8)7-15)16-13(17)11-5-6-12(19-11)14(16)18/h2-4,11-12H,5-6H2,1H3. The first-order valence-electron chi connectivity index (χ1n) is 6.16. The van der Waals surface area contributed by atoms with E-state index in [-0.39, 0.29) is 11.8 Å². The van der Waals surface area contributed by atoms with E-state index >= 15 is 0 Å². The van der Waals surface area contributed by atoms with Crippen molar-refractivity contribution in [2.24, 2.45) is 0 Å². The fourth-order valence-electron chi connectivity index (χ4n) is 2.62. The molecule has 3 rings (SSSR count). The normalized spacial score (nSPS) is 25.6. The lowest BCUT2D eigenvalue weighted by molar-refractivity contribution is -0.146. The summed E-state index contributed by atoms with van der Waals surface area (Å²) in [6.07, 6.45) is 0.0447. The third-order valence-corrected chi connectivity index (χ3v) is 3.61. The molecule has 0 aromatic heterocycles. The van der Waals surface area contributed by atoms with Crippen molar-refractivity contribution in [2.75, 3.05) is 4.90 Å². The Morgan fingerprint density at radius 2 is 1.89 bits per heavy atom. The minimum absolute atomic E-state index is 0.360. The van der Waals surface area contributed by atoms with Gasteiger partial charge in [0.15, 0.2) is 0 Å². The van der Waals surface area contributed by atoms with Crippen LogP contribution in [0.3, 0.4) is 0 Å². The van der Waals surface area contributed by atoms with Gasteiger partial charge in [0.05, 0.1) is 11.3 Å². The zero-order chi connectivity index (χ0) is 13.6. The molecule has 1 aromatic rings. The van der Waals surface area contributed by atoms with Crippen LogP contribution in [0.25, 0.3) is 0 Å². The lowest BCUT2D eigenvalue weighted by Gasteiger charge is -2.30. The molecule has 0 spiro atoms. The third kappa shape index (κ3) is 1.65. The number of aryl methyl sites for hydroxylation is 1. The molecule has 2 heterocycles. The molecule has 0 radical (unpaired) electrons. The zero-order valence-corrected chi connectivity index (χ0v) is 10.4. The van der Waals surface area contributed by atoms with Gasteiger partial charge >= 0.3 is 0 Å². The van der Waals surface area contributed by atoms with Crippen LogP contribution in [0.15, 0.2) is 18.2 Å². The van der Waals surface area contributed by atoms with Crippen LogP contribution in [0.1, 0.15) is 24.0 Å². The van der Waals surface area contributed by atoms with E-state index in [2.05, 4.69) is 6.07 Å². The number of carbonyl (C=O) groups excluding carboxylic acids is 2. The largest absolute Gasteiger partial charge is 0.355 e. The van der Waals surface area contributed by atoms with Crippen LogP contribution in [0.4, 0.5) is 5.69 Å². The summed E-state index contributed by atoms with van der Waals surface area (Å²) in [7, 11) is 0. The van der Waals surface area contributed by atoms with Gasteiger partial charge < -0.3 is 4.74 Å². The van der Waals surface area contributed by atoms with Crippen LogP contribution < -0.4 is 4.90 Å². The number of nitriles is 1. The molecular formula is C14H12N2O3. The number of fused-ring (bicyclic) bond motifs is 2. The van der Waals surface area contributed by atoms with Gasteiger partial charge in [0, 0.05) is 0 Å². The number of rotatable bonds is 1. The van der Waals surface area contributed by atoms with Gasteiger partial charge in [0.25, 0.3) is 11.8 Å². The van der Waals surface area contributed by atoms with Crippen LogP contribution in [0.5, 0.6) is 0 Å². The summed E-state index contributed by atoms with van der Waals surface area (Å²) < 4.78 is 5.35. The zero-order valence-electron chi connectivity index (χ0n) is 10.4. The second-order valence-corrected chi connectivity index (χ2v) is 4.78. The number of hydrogen-bond acceptors (Lipinski definition) is 4. The van der Waals surface area contributed by atoms with Gasteiger partial charge in [0.1, 0.15) is 18.3 Å². The molecule has 19 heavy (non-hydrogen) atoms. The molecule has 96 valence electrons. The Labute approximate surface area is 110 Å². The van der Waals surface area contributed by atoms with Crippen LogP contribution in [-0.4, -0.2) is 24.0 Å². The first kappa shape index (κ1) is 11.9. The predicted molar refractivity (Wildman–Crippen MR) is 66.3 cm³/mol. The van der Waals surface area contributed by atoms with E-state index in [1.807, 2.05) is 0 Å². The van der Waals surface area contributed by atoms with E-state index in [4.69, 9.17) is 4.74 Å². The van der Waals surface area contributed by atoms with Gasteiger partial charge in [-0.25, -0.2) is 4.90 Å². The quantitative estimate of drug-likeness (QED) is 0.710. The fourth-order valence-corrected chi connectivity index (χ4v) is 2.62. The van der Waals surface area contributed by atoms with Crippen molar-refractivity contribution >= 4 is 17.5 Å². The number of carbonyl (C=O) groups is 2. The summed E-state index contributed by atoms with van der Waals surface area (Å²) in [5.41, 5.74) is 1.49. The molecule has 1 aromatic carbocycles. The number of imide groups is 1. The van der Waals surface area contributed by atoms with E-state index in [1.165, 1.54) is 0 Å². The van der Waals surface area contributed by atoms with E-state index in [1.54, 1.807) is 25.1 Å². The minimum Gasteiger partial charge on any atom is -0.355 e. The van der Waals surface area contributed by atoms with E-state index in [0.717, 1.165) is 10.5 Å². The second-order valence-electron chi connectivity index (χ2n) is 4.78. The van der Waals surface area contributed by atoms with Crippen molar-refractivity contribution in [3.05, 3.63) is 29.3 Å². The number of hydrogen-bond donors (Lipinski definition) is 0. The molecule has 2 aliphatic heterocycles. The number of anilines is 1. The third-order valence-electron chi connectivity index (χ3n) is 3.61. The maximum absolute atomic E-state index is 12.2. The summed E-state index contributed by atoms with van der Waals surface area (Å²) in [4.78, 5) is 25.6. The molecule has 2 aliphatic rings. The van der Waals surface area contributed by atoms with E-state index < -0.39 is 12.2 Å². The maximum Gasteiger partial charge on any atom is 0.263 e. The van der Waals surface area contributed by atoms with Crippen LogP contribution in [0, 0.1) is 18.3 Å². The van der Waals surface area contributed by atoms with Crippen LogP contribution in [0.2, 0.25) is 0 Å². The van der Waals surface area contributed by atoms with Crippen molar-refractivity contribution in [1.82, 2.24) is 0 Å². The topological polar surface area (TPSA) is 70.4 Å². The molecule has 0 N–H and O–H groups in total. The lowest BCUT2D eigenvalue weighted by Crippen LogP contribution is -2.52. The summed E-state index contributed by atoms with van der Waals surface area (Å²) in [6, 6.07) is 7.22. The molecule has 2 unspecified atom stereocenters. The Morgan fingerprint density at radius 3 is 2.47 bits per heavy atom. The maximum atomic E-state index is 12.2. The Balaban J connectivity index is 2.12. The molecule has 0 saturated carbocycles. The Morgan fingerprint density at radius 1 is 1.26 bits per heavy atom. The summed E-state index contributed by atoms with van der Waals surface area (Å²) in [6.45, 7) is 1.78. The van der Waals surface area contributed by atoms with E-state index in [9.17, 15) is 14.9 Å². The first-order chi connectivity index (χ1) is 9.13. The molecule has 0 aliphatic carbocycles. The summed E-state index contributed by atoms with van der Waals surface area (Å²) in [5.74, 6) is -0.721. The monoisotopic (exact) mass is 256 g/mol. The van der Waals surface area contributed by atoms with Crippen molar-refractivity contribution in [3.63, 3.8) is 0 Å². The van der Waals surface area contributed by atoms with Crippen molar-refractivity contribution in [3.8, 4) is 6.07 Å². The highest BCUT2D eigenvalue weighted by Gasteiger charge is 2.47. The fraction of sp³-hybridized carbons (Fsp3) is 0.357. The average molecular weight is 256 g/mol. The average Bonchev–Trinajstić information content (AvgIpc) is 2.84.